The number of hydrogen-bond donors (Lipinski definition) is 3. The molecule has 2 aromatic rings. The minimum absolute atomic E-state index is 0.0744. The molecule has 0 unspecified atom stereocenters. The molecule has 132 valence electrons. The van der Waals surface area contributed by atoms with Crippen LogP contribution in [0.3, 0.4) is 0 Å². The highest BCUT2D eigenvalue weighted by atomic mass is 16.5. The van der Waals surface area contributed by atoms with Gasteiger partial charge in [-0.05, 0) is 43.2 Å². The van der Waals surface area contributed by atoms with Crippen LogP contribution in [0.15, 0.2) is 48.5 Å². The van der Waals surface area contributed by atoms with Gasteiger partial charge in [-0.3, -0.25) is 4.79 Å². The normalized spacial score (nSPS) is 10.4. The maximum Gasteiger partial charge on any atom is 0.319 e. The number of para-hydroxylation sites is 1. The van der Waals surface area contributed by atoms with Crippen molar-refractivity contribution in [1.29, 1.82) is 0 Å². The third kappa shape index (κ3) is 6.18. The summed E-state index contributed by atoms with van der Waals surface area (Å²) in [5.41, 5.74) is 7.40. The van der Waals surface area contributed by atoms with Gasteiger partial charge in [0.2, 0.25) is 5.91 Å². The fourth-order valence-corrected chi connectivity index (χ4v) is 2.33. The van der Waals surface area contributed by atoms with E-state index in [2.05, 4.69) is 10.6 Å². The van der Waals surface area contributed by atoms with E-state index in [4.69, 9.17) is 10.5 Å². The van der Waals surface area contributed by atoms with Crippen LogP contribution in [-0.4, -0.2) is 18.0 Å². The smallest absolute Gasteiger partial charge is 0.319 e. The van der Waals surface area contributed by atoms with Crippen molar-refractivity contribution in [2.24, 2.45) is 5.73 Å². The van der Waals surface area contributed by atoms with Crippen molar-refractivity contribution in [2.75, 3.05) is 5.32 Å². The molecule has 25 heavy (non-hydrogen) atoms. The van der Waals surface area contributed by atoms with E-state index in [-0.39, 0.29) is 18.6 Å². The lowest BCUT2D eigenvalue weighted by molar-refractivity contribution is -0.117. The predicted molar refractivity (Wildman–Crippen MR) is 97.4 cm³/mol. The SMILES string of the molecule is CC(C)Oc1cccc(CNC(=O)Nc2ccccc2CC(N)=O)c1. The number of primary amides is 1. The Morgan fingerprint density at radius 2 is 1.88 bits per heavy atom. The fraction of sp³-hybridized carbons (Fsp3) is 0.263. The molecule has 0 radical (unpaired) electrons. The number of carbonyl (C=O) groups is 2. The van der Waals surface area contributed by atoms with Crippen LogP contribution in [0.2, 0.25) is 0 Å². The highest BCUT2D eigenvalue weighted by Crippen LogP contribution is 2.16. The number of amides is 3. The number of urea groups is 1. The summed E-state index contributed by atoms with van der Waals surface area (Å²) in [4.78, 5) is 23.2. The summed E-state index contributed by atoms with van der Waals surface area (Å²) in [7, 11) is 0. The summed E-state index contributed by atoms with van der Waals surface area (Å²) in [6.07, 6.45) is 0.165. The number of nitrogens with one attached hydrogen (secondary N) is 2. The van der Waals surface area contributed by atoms with Crippen molar-refractivity contribution >= 4 is 17.6 Å². The van der Waals surface area contributed by atoms with Gasteiger partial charge in [-0.25, -0.2) is 4.79 Å². The summed E-state index contributed by atoms with van der Waals surface area (Å²) in [6.45, 7) is 4.28. The predicted octanol–water partition coefficient (Wildman–Crippen LogP) is 2.82. The molecule has 4 N–H and O–H groups in total. The van der Waals surface area contributed by atoms with E-state index in [1.54, 1.807) is 24.3 Å². The van der Waals surface area contributed by atoms with Gasteiger partial charge in [0.25, 0.3) is 0 Å². The Labute approximate surface area is 147 Å². The lowest BCUT2D eigenvalue weighted by Gasteiger charge is -2.13. The Bertz CT molecular complexity index is 744. The van der Waals surface area contributed by atoms with Crippen LogP contribution in [0.5, 0.6) is 5.75 Å². The molecular weight excluding hydrogens is 318 g/mol. The molecule has 6 heteroatoms. The van der Waals surface area contributed by atoms with Crippen LogP contribution in [0, 0.1) is 0 Å². The van der Waals surface area contributed by atoms with Crippen LogP contribution >= 0.6 is 0 Å². The zero-order chi connectivity index (χ0) is 18.2. The van der Waals surface area contributed by atoms with Crippen molar-refractivity contribution in [1.82, 2.24) is 5.32 Å². The zero-order valence-corrected chi connectivity index (χ0v) is 14.4. The van der Waals surface area contributed by atoms with Crippen molar-refractivity contribution in [3.63, 3.8) is 0 Å². The minimum Gasteiger partial charge on any atom is -0.491 e. The molecule has 2 aromatic carbocycles. The number of ether oxygens (including phenoxy) is 1. The largest absolute Gasteiger partial charge is 0.491 e. The highest BCUT2D eigenvalue weighted by Gasteiger charge is 2.08. The average Bonchev–Trinajstić information content (AvgIpc) is 2.54. The van der Waals surface area contributed by atoms with Crippen molar-refractivity contribution in [3.8, 4) is 5.75 Å². The molecule has 2 rings (SSSR count). The summed E-state index contributed by atoms with van der Waals surface area (Å²) < 4.78 is 5.64. The second-order valence-electron chi connectivity index (χ2n) is 5.92. The van der Waals surface area contributed by atoms with Crippen molar-refractivity contribution in [2.45, 2.75) is 32.9 Å². The molecular formula is C19H23N3O3. The van der Waals surface area contributed by atoms with E-state index >= 15 is 0 Å². The van der Waals surface area contributed by atoms with Gasteiger partial charge in [0.1, 0.15) is 5.75 Å². The lowest BCUT2D eigenvalue weighted by Crippen LogP contribution is -2.29. The van der Waals surface area contributed by atoms with E-state index < -0.39 is 5.91 Å². The lowest BCUT2D eigenvalue weighted by atomic mass is 10.1. The van der Waals surface area contributed by atoms with E-state index in [9.17, 15) is 9.59 Å². The first-order valence-corrected chi connectivity index (χ1v) is 8.10. The molecule has 6 nitrogen and oxygen atoms in total. The second kappa shape index (κ2) is 8.73. The molecule has 3 amide bonds. The number of benzene rings is 2. The molecule has 0 spiro atoms. The first-order valence-electron chi connectivity index (χ1n) is 8.10. The molecule has 0 saturated carbocycles. The van der Waals surface area contributed by atoms with Gasteiger partial charge in [-0.2, -0.15) is 0 Å². The van der Waals surface area contributed by atoms with Crippen molar-refractivity contribution in [3.05, 3.63) is 59.7 Å². The third-order valence-corrected chi connectivity index (χ3v) is 3.35. The Morgan fingerprint density at radius 3 is 2.60 bits per heavy atom. The summed E-state index contributed by atoms with van der Waals surface area (Å²) in [6, 6.07) is 14.3. The first-order chi connectivity index (χ1) is 11.9. The van der Waals surface area contributed by atoms with Gasteiger partial charge >= 0.3 is 6.03 Å². The Kier molecular flexibility index (Phi) is 6.39. The molecule has 0 heterocycles. The number of nitrogens with two attached hydrogens (primary N) is 1. The summed E-state index contributed by atoms with van der Waals surface area (Å²) in [5.74, 6) is 0.318. The zero-order valence-electron chi connectivity index (χ0n) is 14.4. The monoisotopic (exact) mass is 341 g/mol. The average molecular weight is 341 g/mol. The minimum atomic E-state index is -0.448. The molecule has 0 bridgehead atoms. The summed E-state index contributed by atoms with van der Waals surface area (Å²) >= 11 is 0. The quantitative estimate of drug-likeness (QED) is 0.723. The second-order valence-corrected chi connectivity index (χ2v) is 5.92. The van der Waals surface area contributed by atoms with Gasteiger partial charge in [-0.15, -0.1) is 0 Å². The number of hydrogen-bond acceptors (Lipinski definition) is 3. The van der Waals surface area contributed by atoms with Gasteiger partial charge in [0.05, 0.1) is 12.5 Å². The molecule has 0 fully saturated rings. The molecule has 0 saturated heterocycles. The van der Waals surface area contributed by atoms with Crippen LogP contribution in [0.4, 0.5) is 10.5 Å². The first kappa shape index (κ1) is 18.3. The molecule has 0 aliphatic carbocycles. The van der Waals surface area contributed by atoms with Gasteiger partial charge in [-0.1, -0.05) is 30.3 Å². The van der Waals surface area contributed by atoms with Gasteiger partial charge in [0, 0.05) is 12.2 Å². The summed E-state index contributed by atoms with van der Waals surface area (Å²) in [5, 5.41) is 5.53. The molecule has 0 aliphatic rings. The number of anilines is 1. The number of rotatable bonds is 7. The van der Waals surface area contributed by atoms with Crippen molar-refractivity contribution < 1.29 is 14.3 Å². The third-order valence-electron chi connectivity index (χ3n) is 3.35. The van der Waals surface area contributed by atoms with Gasteiger partial charge in [0.15, 0.2) is 0 Å². The van der Waals surface area contributed by atoms with E-state index in [1.165, 1.54) is 0 Å². The topological polar surface area (TPSA) is 93.4 Å². The Balaban J connectivity index is 1.94. The maximum absolute atomic E-state index is 12.1. The number of carbonyl (C=O) groups excluding carboxylic acids is 2. The van der Waals surface area contributed by atoms with Crippen LogP contribution < -0.4 is 21.1 Å². The Hall–Kier alpha value is -3.02. The maximum atomic E-state index is 12.1. The van der Waals surface area contributed by atoms with Crippen LogP contribution in [-0.2, 0) is 17.8 Å². The fourth-order valence-electron chi connectivity index (χ4n) is 2.33. The molecule has 0 aromatic heterocycles. The van der Waals surface area contributed by atoms with E-state index in [0.29, 0.717) is 17.8 Å². The van der Waals surface area contributed by atoms with Crippen LogP contribution in [0.25, 0.3) is 0 Å². The van der Waals surface area contributed by atoms with E-state index in [1.807, 2.05) is 38.1 Å². The molecule has 0 atom stereocenters. The molecule has 0 aliphatic heterocycles. The standard InChI is InChI=1S/C19H23N3O3/c1-13(2)25-16-8-5-6-14(10-16)12-21-19(24)22-17-9-4-3-7-15(17)11-18(20)23/h3-10,13H,11-12H2,1-2H3,(H2,20,23)(H2,21,22,24). The van der Waals surface area contributed by atoms with E-state index in [0.717, 1.165) is 11.3 Å². The highest BCUT2D eigenvalue weighted by molar-refractivity contribution is 5.91. The van der Waals surface area contributed by atoms with Gasteiger partial charge < -0.3 is 21.1 Å². The van der Waals surface area contributed by atoms with Crippen LogP contribution in [0.1, 0.15) is 25.0 Å². The Morgan fingerprint density at radius 1 is 1.12 bits per heavy atom.